The van der Waals surface area contributed by atoms with E-state index in [1.165, 1.54) is 12.5 Å². The molecule has 1 aliphatic rings. The van der Waals surface area contributed by atoms with Crippen LogP contribution in [0.15, 0.2) is 12.2 Å². The highest BCUT2D eigenvalue weighted by Crippen LogP contribution is 2.31. The number of hydrogen-bond acceptors (Lipinski definition) is 3. The van der Waals surface area contributed by atoms with Gasteiger partial charge in [0.1, 0.15) is 0 Å². The summed E-state index contributed by atoms with van der Waals surface area (Å²) in [5, 5.41) is 8.34. The first-order valence-electron chi connectivity index (χ1n) is 3.43. The lowest BCUT2D eigenvalue weighted by Gasteiger charge is -2.16. The standard InChI is InChI=1S/C7H10O2S2/c8-6(9)2-3-7-10-4-1-5-11-7/h2-3,7H,1,4-5H2,(H,8,9)/b3-2+. The van der Waals surface area contributed by atoms with Crippen molar-refractivity contribution in [3.63, 3.8) is 0 Å². The molecule has 1 saturated heterocycles. The first-order chi connectivity index (χ1) is 5.29. The van der Waals surface area contributed by atoms with Gasteiger partial charge in [0.05, 0.1) is 4.58 Å². The molecule has 1 N–H and O–H groups in total. The first-order valence-corrected chi connectivity index (χ1v) is 5.53. The summed E-state index contributed by atoms with van der Waals surface area (Å²) in [5.41, 5.74) is 0. The molecule has 0 aromatic carbocycles. The molecule has 0 amide bonds. The summed E-state index contributed by atoms with van der Waals surface area (Å²) < 4.78 is 0.361. The maximum absolute atomic E-state index is 10.1. The molecule has 0 radical (unpaired) electrons. The molecular weight excluding hydrogens is 180 g/mol. The summed E-state index contributed by atoms with van der Waals surface area (Å²) in [6, 6.07) is 0. The van der Waals surface area contributed by atoms with Crippen molar-refractivity contribution in [3.05, 3.63) is 12.2 Å². The van der Waals surface area contributed by atoms with Crippen LogP contribution in [0.1, 0.15) is 6.42 Å². The predicted octanol–water partition coefficient (Wildman–Crippen LogP) is 1.82. The van der Waals surface area contributed by atoms with Gasteiger partial charge in [-0.2, -0.15) is 0 Å². The molecule has 0 saturated carbocycles. The van der Waals surface area contributed by atoms with Crippen molar-refractivity contribution in [1.29, 1.82) is 0 Å². The molecule has 62 valence electrons. The van der Waals surface area contributed by atoms with Crippen LogP contribution in [0, 0.1) is 0 Å². The quantitative estimate of drug-likeness (QED) is 0.674. The minimum Gasteiger partial charge on any atom is -0.478 e. The van der Waals surface area contributed by atoms with Crippen LogP contribution in [0.3, 0.4) is 0 Å². The summed E-state index contributed by atoms with van der Waals surface area (Å²) in [5.74, 6) is 1.46. The zero-order valence-corrected chi connectivity index (χ0v) is 7.66. The van der Waals surface area contributed by atoms with Gasteiger partial charge in [-0.25, -0.2) is 4.79 Å². The van der Waals surface area contributed by atoms with Crippen molar-refractivity contribution in [3.8, 4) is 0 Å². The fourth-order valence-corrected chi connectivity index (χ4v) is 3.39. The molecule has 1 heterocycles. The van der Waals surface area contributed by atoms with Crippen LogP contribution in [-0.2, 0) is 4.79 Å². The zero-order valence-electron chi connectivity index (χ0n) is 6.03. The summed E-state index contributed by atoms with van der Waals surface area (Å²) in [6.45, 7) is 0. The van der Waals surface area contributed by atoms with E-state index in [0.29, 0.717) is 4.58 Å². The van der Waals surface area contributed by atoms with Crippen molar-refractivity contribution < 1.29 is 9.90 Å². The minimum absolute atomic E-state index is 0.361. The number of rotatable bonds is 2. The Morgan fingerprint density at radius 3 is 2.64 bits per heavy atom. The van der Waals surface area contributed by atoms with Gasteiger partial charge in [0, 0.05) is 6.08 Å². The lowest BCUT2D eigenvalue weighted by atomic mass is 10.5. The minimum atomic E-state index is -0.850. The first kappa shape index (κ1) is 9.00. The van der Waals surface area contributed by atoms with Crippen molar-refractivity contribution in [1.82, 2.24) is 0 Å². The van der Waals surface area contributed by atoms with Crippen LogP contribution in [0.25, 0.3) is 0 Å². The van der Waals surface area contributed by atoms with Crippen LogP contribution in [0.4, 0.5) is 0 Å². The van der Waals surface area contributed by atoms with Gasteiger partial charge in [0.25, 0.3) is 0 Å². The Bertz CT molecular complexity index is 162. The molecule has 0 bridgehead atoms. The third-order valence-electron chi connectivity index (χ3n) is 1.25. The van der Waals surface area contributed by atoms with E-state index >= 15 is 0 Å². The summed E-state index contributed by atoms with van der Waals surface area (Å²) >= 11 is 3.64. The summed E-state index contributed by atoms with van der Waals surface area (Å²) in [4.78, 5) is 10.1. The lowest BCUT2D eigenvalue weighted by molar-refractivity contribution is -0.131. The van der Waals surface area contributed by atoms with Gasteiger partial charge >= 0.3 is 5.97 Å². The van der Waals surface area contributed by atoms with Crippen LogP contribution in [0.5, 0.6) is 0 Å². The van der Waals surface area contributed by atoms with E-state index in [1.807, 2.05) is 23.5 Å². The van der Waals surface area contributed by atoms with E-state index in [2.05, 4.69) is 0 Å². The monoisotopic (exact) mass is 190 g/mol. The Balaban J connectivity index is 2.29. The largest absolute Gasteiger partial charge is 0.478 e. The van der Waals surface area contributed by atoms with Crippen molar-refractivity contribution >= 4 is 29.5 Å². The normalized spacial score (nSPS) is 20.7. The molecule has 0 aromatic heterocycles. The molecule has 1 rings (SSSR count). The van der Waals surface area contributed by atoms with Gasteiger partial charge in [0.2, 0.25) is 0 Å². The van der Waals surface area contributed by atoms with Gasteiger partial charge < -0.3 is 5.11 Å². The smallest absolute Gasteiger partial charge is 0.328 e. The molecular formula is C7H10O2S2. The van der Waals surface area contributed by atoms with Gasteiger partial charge in [0.15, 0.2) is 0 Å². The van der Waals surface area contributed by atoms with Crippen LogP contribution < -0.4 is 0 Å². The van der Waals surface area contributed by atoms with Crippen molar-refractivity contribution in [2.75, 3.05) is 11.5 Å². The van der Waals surface area contributed by atoms with E-state index in [1.54, 1.807) is 6.08 Å². The Labute approximate surface area is 74.4 Å². The fraction of sp³-hybridized carbons (Fsp3) is 0.571. The highest BCUT2D eigenvalue weighted by atomic mass is 32.2. The molecule has 1 aliphatic heterocycles. The van der Waals surface area contributed by atoms with Crippen molar-refractivity contribution in [2.45, 2.75) is 11.0 Å². The van der Waals surface area contributed by atoms with Gasteiger partial charge in [-0.1, -0.05) is 6.08 Å². The number of carboxylic acids is 1. The van der Waals surface area contributed by atoms with E-state index in [4.69, 9.17) is 5.11 Å². The molecule has 11 heavy (non-hydrogen) atoms. The SMILES string of the molecule is O=C(O)/C=C/C1SCCCS1. The number of thioether (sulfide) groups is 2. The molecule has 0 unspecified atom stereocenters. The molecule has 0 aromatic rings. The highest BCUT2D eigenvalue weighted by molar-refractivity contribution is 8.17. The molecule has 2 nitrogen and oxygen atoms in total. The Hall–Kier alpha value is -0.0900. The number of hydrogen-bond donors (Lipinski definition) is 1. The highest BCUT2D eigenvalue weighted by Gasteiger charge is 2.10. The summed E-state index contributed by atoms with van der Waals surface area (Å²) in [6.07, 6.45) is 4.24. The molecule has 0 atom stereocenters. The van der Waals surface area contributed by atoms with Crippen molar-refractivity contribution in [2.24, 2.45) is 0 Å². The zero-order chi connectivity index (χ0) is 8.10. The maximum Gasteiger partial charge on any atom is 0.328 e. The second-order valence-electron chi connectivity index (χ2n) is 2.16. The van der Waals surface area contributed by atoms with Gasteiger partial charge in [-0.05, 0) is 17.9 Å². The third-order valence-corrected chi connectivity index (χ3v) is 4.09. The van der Waals surface area contributed by atoms with E-state index in [-0.39, 0.29) is 0 Å². The Kier molecular flexibility index (Phi) is 3.86. The van der Waals surface area contributed by atoms with E-state index < -0.39 is 5.97 Å². The molecule has 0 spiro atoms. The Morgan fingerprint density at radius 2 is 2.09 bits per heavy atom. The van der Waals surface area contributed by atoms with Crippen LogP contribution in [-0.4, -0.2) is 27.2 Å². The predicted molar refractivity (Wildman–Crippen MR) is 50.1 cm³/mol. The van der Waals surface area contributed by atoms with E-state index in [9.17, 15) is 4.79 Å². The number of carboxylic acid groups (broad SMARTS) is 1. The molecule has 4 heteroatoms. The summed E-state index contributed by atoms with van der Waals surface area (Å²) in [7, 11) is 0. The third kappa shape index (κ3) is 3.72. The average Bonchev–Trinajstić information content (AvgIpc) is 2.03. The topological polar surface area (TPSA) is 37.3 Å². The second kappa shape index (κ2) is 4.72. The lowest BCUT2D eigenvalue weighted by Crippen LogP contribution is -2.04. The van der Waals surface area contributed by atoms with Gasteiger partial charge in [-0.15, -0.1) is 23.5 Å². The number of carbonyl (C=O) groups is 1. The average molecular weight is 190 g/mol. The Morgan fingerprint density at radius 1 is 1.45 bits per heavy atom. The second-order valence-corrected chi connectivity index (χ2v) is 4.96. The molecule has 1 fully saturated rings. The van der Waals surface area contributed by atoms with Gasteiger partial charge in [-0.3, -0.25) is 0 Å². The fourth-order valence-electron chi connectivity index (χ4n) is 0.778. The number of aliphatic carboxylic acids is 1. The van der Waals surface area contributed by atoms with E-state index in [0.717, 1.165) is 11.5 Å². The van der Waals surface area contributed by atoms with Crippen LogP contribution >= 0.6 is 23.5 Å². The maximum atomic E-state index is 10.1. The van der Waals surface area contributed by atoms with Crippen LogP contribution in [0.2, 0.25) is 0 Å². The molecule has 0 aliphatic carbocycles.